The molecule has 1 aromatic carbocycles. The summed E-state index contributed by atoms with van der Waals surface area (Å²) in [6, 6.07) is 10.9. The minimum Gasteiger partial charge on any atom is -0.324 e. The maximum atomic E-state index is 13.7. The number of carbonyl (C=O) groups excluding carboxylic acids is 1. The predicted octanol–water partition coefficient (Wildman–Crippen LogP) is 2.42. The van der Waals surface area contributed by atoms with Crippen molar-refractivity contribution in [3.05, 3.63) is 71.6 Å². The summed E-state index contributed by atoms with van der Waals surface area (Å²) in [4.78, 5) is 12.1. The number of aromatic nitrogens is 3. The Labute approximate surface area is 138 Å². The number of aryl methyl sites for hydroxylation is 2. The Balaban J connectivity index is 1.68. The number of hydrogen-bond donors (Lipinski definition) is 1. The quantitative estimate of drug-likeness (QED) is 0.591. The molecule has 3 rings (SSSR count). The van der Waals surface area contributed by atoms with Gasteiger partial charge in [-0.1, -0.05) is 0 Å². The fourth-order valence-corrected chi connectivity index (χ4v) is 2.30. The zero-order chi connectivity index (χ0) is 17.1. The summed E-state index contributed by atoms with van der Waals surface area (Å²) < 4.78 is 16.8. The van der Waals surface area contributed by atoms with E-state index in [4.69, 9.17) is 0 Å². The molecule has 0 atom stereocenters. The van der Waals surface area contributed by atoms with Crippen molar-refractivity contribution in [2.45, 2.75) is 6.92 Å². The molecule has 0 unspecified atom stereocenters. The number of benzene rings is 1. The number of hydrogen-bond acceptors (Lipinski definition) is 3. The first-order chi connectivity index (χ1) is 11.6. The Hall–Kier alpha value is -3.22. The van der Waals surface area contributed by atoms with Gasteiger partial charge in [0.05, 0.1) is 17.5 Å². The Morgan fingerprint density at radius 3 is 2.50 bits per heavy atom. The molecule has 0 saturated carbocycles. The van der Waals surface area contributed by atoms with E-state index in [0.29, 0.717) is 11.3 Å². The fraction of sp³-hybridized carbons (Fsp3) is 0.118. The molecule has 0 spiro atoms. The van der Waals surface area contributed by atoms with Crippen LogP contribution in [0.2, 0.25) is 0 Å². The van der Waals surface area contributed by atoms with Gasteiger partial charge in [0.15, 0.2) is 0 Å². The SMILES string of the molecule is Cc1nn(C)c(F)c1/C=N/NC(=O)c1ccc(-n2cccc2)cc1. The summed E-state index contributed by atoms with van der Waals surface area (Å²) >= 11 is 0. The molecule has 24 heavy (non-hydrogen) atoms. The number of halogens is 1. The minimum atomic E-state index is -0.499. The van der Waals surface area contributed by atoms with E-state index in [0.717, 1.165) is 10.4 Å². The van der Waals surface area contributed by atoms with E-state index < -0.39 is 5.95 Å². The lowest BCUT2D eigenvalue weighted by Gasteiger charge is -2.04. The molecule has 0 aliphatic heterocycles. The van der Waals surface area contributed by atoms with Crippen molar-refractivity contribution in [3.63, 3.8) is 0 Å². The van der Waals surface area contributed by atoms with Gasteiger partial charge in [-0.2, -0.15) is 14.6 Å². The third-order valence-electron chi connectivity index (χ3n) is 3.59. The molecule has 1 amide bonds. The highest BCUT2D eigenvalue weighted by Crippen LogP contribution is 2.10. The Morgan fingerprint density at radius 1 is 1.25 bits per heavy atom. The molecule has 0 saturated heterocycles. The third-order valence-corrected chi connectivity index (χ3v) is 3.59. The molecule has 7 heteroatoms. The second-order valence-electron chi connectivity index (χ2n) is 5.25. The van der Waals surface area contributed by atoms with Gasteiger partial charge in [-0.25, -0.2) is 10.1 Å². The van der Waals surface area contributed by atoms with Crippen LogP contribution >= 0.6 is 0 Å². The smallest absolute Gasteiger partial charge is 0.271 e. The van der Waals surface area contributed by atoms with Gasteiger partial charge in [0.25, 0.3) is 5.91 Å². The Bertz CT molecular complexity index is 879. The average molecular weight is 325 g/mol. The molecule has 2 heterocycles. The van der Waals surface area contributed by atoms with Crippen molar-refractivity contribution < 1.29 is 9.18 Å². The maximum absolute atomic E-state index is 13.7. The van der Waals surface area contributed by atoms with E-state index >= 15 is 0 Å². The molecule has 0 aliphatic carbocycles. The van der Waals surface area contributed by atoms with Crippen LogP contribution in [0.25, 0.3) is 5.69 Å². The van der Waals surface area contributed by atoms with Crippen LogP contribution in [0.1, 0.15) is 21.6 Å². The zero-order valence-corrected chi connectivity index (χ0v) is 13.3. The number of carbonyl (C=O) groups is 1. The lowest BCUT2D eigenvalue weighted by atomic mass is 10.2. The highest BCUT2D eigenvalue weighted by atomic mass is 19.1. The predicted molar refractivity (Wildman–Crippen MR) is 88.7 cm³/mol. The molecule has 0 fully saturated rings. The minimum absolute atomic E-state index is 0.251. The van der Waals surface area contributed by atoms with Gasteiger partial charge in [-0.15, -0.1) is 0 Å². The summed E-state index contributed by atoms with van der Waals surface area (Å²) in [7, 11) is 1.50. The van der Waals surface area contributed by atoms with Crippen LogP contribution in [-0.2, 0) is 7.05 Å². The summed E-state index contributed by atoms with van der Waals surface area (Å²) in [5.74, 6) is -0.867. The molecule has 0 radical (unpaired) electrons. The standard InChI is InChI=1S/C17H16FN5O/c1-12-15(16(18)22(2)21-12)11-19-20-17(24)13-5-7-14(8-6-13)23-9-3-4-10-23/h3-11H,1-2H3,(H,20,24)/b19-11+. The van der Waals surface area contributed by atoms with Gasteiger partial charge in [-0.05, 0) is 43.3 Å². The number of amides is 1. The summed E-state index contributed by atoms with van der Waals surface area (Å²) in [5.41, 5.74) is 4.56. The van der Waals surface area contributed by atoms with E-state index in [2.05, 4.69) is 15.6 Å². The first-order valence-corrected chi connectivity index (χ1v) is 7.32. The lowest BCUT2D eigenvalue weighted by molar-refractivity contribution is 0.0955. The van der Waals surface area contributed by atoms with Crippen molar-refractivity contribution >= 4 is 12.1 Å². The Morgan fingerprint density at radius 2 is 1.92 bits per heavy atom. The highest BCUT2D eigenvalue weighted by Gasteiger charge is 2.10. The molecular weight excluding hydrogens is 309 g/mol. The van der Waals surface area contributed by atoms with Crippen LogP contribution in [0.4, 0.5) is 4.39 Å². The molecule has 0 aliphatic rings. The molecule has 6 nitrogen and oxygen atoms in total. The first kappa shape index (κ1) is 15.7. The van der Waals surface area contributed by atoms with Gasteiger partial charge >= 0.3 is 0 Å². The van der Waals surface area contributed by atoms with E-state index in [9.17, 15) is 9.18 Å². The molecule has 0 bridgehead atoms. The van der Waals surface area contributed by atoms with Gasteiger partial charge in [0.1, 0.15) is 0 Å². The van der Waals surface area contributed by atoms with Crippen LogP contribution in [0.5, 0.6) is 0 Å². The van der Waals surface area contributed by atoms with Crippen LogP contribution in [0, 0.1) is 12.9 Å². The van der Waals surface area contributed by atoms with E-state index in [-0.39, 0.29) is 11.5 Å². The second kappa shape index (κ2) is 6.49. The maximum Gasteiger partial charge on any atom is 0.271 e. The van der Waals surface area contributed by atoms with Crippen LogP contribution < -0.4 is 5.43 Å². The number of rotatable bonds is 4. The van der Waals surface area contributed by atoms with Gasteiger partial charge < -0.3 is 4.57 Å². The van der Waals surface area contributed by atoms with Gasteiger partial charge in [-0.3, -0.25) is 4.79 Å². The number of nitrogens with one attached hydrogen (secondary N) is 1. The lowest BCUT2D eigenvalue weighted by Crippen LogP contribution is -2.17. The van der Waals surface area contributed by atoms with Crippen molar-refractivity contribution in [1.29, 1.82) is 0 Å². The third kappa shape index (κ3) is 3.10. The first-order valence-electron chi connectivity index (χ1n) is 7.32. The Kier molecular flexibility index (Phi) is 4.24. The highest BCUT2D eigenvalue weighted by molar-refractivity contribution is 5.95. The van der Waals surface area contributed by atoms with Crippen LogP contribution in [0.15, 0.2) is 53.9 Å². The molecule has 3 aromatic rings. The molecular formula is C17H16FN5O. The van der Waals surface area contributed by atoms with Gasteiger partial charge in [0.2, 0.25) is 5.95 Å². The average Bonchev–Trinajstić information content (AvgIpc) is 3.19. The number of nitrogens with zero attached hydrogens (tertiary/aromatic N) is 4. The zero-order valence-electron chi connectivity index (χ0n) is 13.3. The normalized spacial score (nSPS) is 11.1. The molecule has 2 aromatic heterocycles. The second-order valence-corrected chi connectivity index (χ2v) is 5.25. The summed E-state index contributed by atoms with van der Waals surface area (Å²) in [5, 5.41) is 7.74. The van der Waals surface area contributed by atoms with E-state index in [1.807, 2.05) is 41.2 Å². The summed E-state index contributed by atoms with van der Waals surface area (Å²) in [6.07, 6.45) is 5.10. The van der Waals surface area contributed by atoms with E-state index in [1.54, 1.807) is 19.1 Å². The van der Waals surface area contributed by atoms with Crippen molar-refractivity contribution in [3.8, 4) is 5.69 Å². The molecule has 1 N–H and O–H groups in total. The monoisotopic (exact) mass is 325 g/mol. The van der Waals surface area contributed by atoms with Gasteiger partial charge in [0, 0.05) is 30.7 Å². The topological polar surface area (TPSA) is 64.2 Å². The van der Waals surface area contributed by atoms with Crippen molar-refractivity contribution in [1.82, 2.24) is 19.8 Å². The largest absolute Gasteiger partial charge is 0.324 e. The van der Waals surface area contributed by atoms with Crippen molar-refractivity contribution in [2.24, 2.45) is 12.1 Å². The fourth-order valence-electron chi connectivity index (χ4n) is 2.30. The van der Waals surface area contributed by atoms with Crippen LogP contribution in [-0.4, -0.2) is 26.5 Å². The summed E-state index contributed by atoms with van der Waals surface area (Å²) in [6.45, 7) is 1.67. The van der Waals surface area contributed by atoms with Crippen LogP contribution in [0.3, 0.4) is 0 Å². The van der Waals surface area contributed by atoms with E-state index in [1.165, 1.54) is 13.3 Å². The number of hydrazone groups is 1. The molecule has 122 valence electrons. The van der Waals surface area contributed by atoms with Crippen molar-refractivity contribution in [2.75, 3.05) is 0 Å².